The van der Waals surface area contributed by atoms with E-state index in [2.05, 4.69) is 179 Å². The molecule has 2 unspecified atom stereocenters. The lowest BCUT2D eigenvalue weighted by Gasteiger charge is -2.33. The van der Waals surface area contributed by atoms with Crippen LogP contribution in [0.15, 0.2) is 189 Å². The van der Waals surface area contributed by atoms with Crippen LogP contribution in [-0.2, 0) is 0 Å². The fourth-order valence-electron chi connectivity index (χ4n) is 9.12. The number of aliphatic imine (C=N–C) groups is 1. The van der Waals surface area contributed by atoms with Gasteiger partial charge >= 0.3 is 0 Å². The summed E-state index contributed by atoms with van der Waals surface area (Å²) in [6.07, 6.45) is 8.42. The van der Waals surface area contributed by atoms with E-state index in [4.69, 9.17) is 13.8 Å². The molecule has 0 amide bonds. The highest BCUT2D eigenvalue weighted by Crippen LogP contribution is 2.42. The Morgan fingerprint density at radius 2 is 1.25 bits per heavy atom. The van der Waals surface area contributed by atoms with Gasteiger partial charge in [0.1, 0.15) is 40.5 Å². The van der Waals surface area contributed by atoms with Gasteiger partial charge in [0, 0.05) is 32.5 Å². The fourth-order valence-corrected chi connectivity index (χ4v) is 9.12. The summed E-state index contributed by atoms with van der Waals surface area (Å²) in [5, 5.41) is 14.3. The molecule has 7 aromatic carbocycles. The maximum Gasteiger partial charge on any atom is 0.137 e. The van der Waals surface area contributed by atoms with Crippen molar-refractivity contribution in [1.82, 2.24) is 15.2 Å². The normalized spacial score (nSPS) is 17.2. The van der Waals surface area contributed by atoms with Crippen molar-refractivity contribution in [3.8, 4) is 16.8 Å². The minimum Gasteiger partial charge on any atom is -0.456 e. The molecule has 12 rings (SSSR count). The van der Waals surface area contributed by atoms with Crippen molar-refractivity contribution in [1.29, 1.82) is 0 Å². The molecule has 0 bridgehead atoms. The highest BCUT2D eigenvalue weighted by molar-refractivity contribution is 6.17. The Kier molecular flexibility index (Phi) is 7.16. The Morgan fingerprint density at radius 1 is 0.579 bits per heavy atom. The lowest BCUT2D eigenvalue weighted by molar-refractivity contribution is 0.429. The summed E-state index contributed by atoms with van der Waals surface area (Å²) in [5.74, 6) is 0.848. The lowest BCUT2D eigenvalue weighted by atomic mass is 9.97. The molecule has 1 aliphatic carbocycles. The van der Waals surface area contributed by atoms with Gasteiger partial charge in [-0.25, -0.2) is 4.99 Å². The summed E-state index contributed by atoms with van der Waals surface area (Å²) < 4.78 is 15.7. The van der Waals surface area contributed by atoms with Crippen LogP contribution in [-0.4, -0.2) is 16.6 Å². The number of nitrogens with one attached hydrogen (secondary N) is 2. The lowest BCUT2D eigenvalue weighted by Crippen LogP contribution is -2.52. The number of rotatable bonds is 5. The van der Waals surface area contributed by atoms with Crippen LogP contribution in [0.5, 0.6) is 0 Å². The molecule has 6 nitrogen and oxygen atoms in total. The molecule has 0 saturated carbocycles. The number of aromatic nitrogens is 1. The maximum atomic E-state index is 6.66. The SMILES string of the molecule is C1=CCCC(C2NC(c3ccc4c(c3)oc3cccc(-c5ccc6c(c5)oc5cccc(-n7c8ccccc8c8ccccc87)c56)c34)=NC(c3ccccc3)N2)=C1. The van der Waals surface area contributed by atoms with Crippen LogP contribution in [0.25, 0.3) is 82.5 Å². The van der Waals surface area contributed by atoms with Crippen molar-refractivity contribution in [2.75, 3.05) is 0 Å². The quantitative estimate of drug-likeness (QED) is 0.185. The largest absolute Gasteiger partial charge is 0.456 e. The third-order valence-corrected chi connectivity index (χ3v) is 11.8. The number of hydrogen-bond acceptors (Lipinski definition) is 5. The van der Waals surface area contributed by atoms with E-state index in [9.17, 15) is 0 Å². The maximum absolute atomic E-state index is 6.66. The first-order valence-corrected chi connectivity index (χ1v) is 19.7. The number of para-hydroxylation sites is 2. The van der Waals surface area contributed by atoms with E-state index in [0.29, 0.717) is 0 Å². The summed E-state index contributed by atoms with van der Waals surface area (Å²) in [5.41, 5.74) is 12.5. The molecule has 272 valence electrons. The van der Waals surface area contributed by atoms with Crippen molar-refractivity contribution < 1.29 is 8.83 Å². The molecule has 0 spiro atoms. The zero-order valence-electron chi connectivity index (χ0n) is 30.9. The van der Waals surface area contributed by atoms with E-state index >= 15 is 0 Å². The Labute approximate surface area is 328 Å². The van der Waals surface area contributed by atoms with E-state index in [0.717, 1.165) is 90.5 Å². The molecule has 2 aliphatic rings. The van der Waals surface area contributed by atoms with Crippen molar-refractivity contribution >= 4 is 71.5 Å². The summed E-state index contributed by atoms with van der Waals surface area (Å²) in [6.45, 7) is 0. The molecule has 0 saturated heterocycles. The van der Waals surface area contributed by atoms with Gasteiger partial charge in [-0.1, -0.05) is 115 Å². The van der Waals surface area contributed by atoms with Crippen LogP contribution in [0, 0.1) is 0 Å². The van der Waals surface area contributed by atoms with Crippen LogP contribution >= 0.6 is 0 Å². The first kappa shape index (κ1) is 32.1. The van der Waals surface area contributed by atoms with Crippen molar-refractivity contribution in [2.45, 2.75) is 25.2 Å². The van der Waals surface area contributed by atoms with Gasteiger partial charge in [0.2, 0.25) is 0 Å². The molecular weight excluding hydrogens is 701 g/mol. The van der Waals surface area contributed by atoms with Gasteiger partial charge in [-0.15, -0.1) is 0 Å². The summed E-state index contributed by atoms with van der Waals surface area (Å²) in [4.78, 5) is 5.19. The van der Waals surface area contributed by atoms with Crippen LogP contribution in [0.1, 0.15) is 30.1 Å². The molecule has 3 aromatic heterocycles. The van der Waals surface area contributed by atoms with Gasteiger partial charge in [-0.05, 0) is 89.7 Å². The Morgan fingerprint density at radius 3 is 2.00 bits per heavy atom. The molecule has 6 heteroatoms. The number of furan rings is 2. The van der Waals surface area contributed by atoms with Gasteiger partial charge in [-0.2, -0.15) is 0 Å². The Hall–Kier alpha value is -7.15. The summed E-state index contributed by atoms with van der Waals surface area (Å²) in [6, 6.07) is 53.5. The first-order valence-electron chi connectivity index (χ1n) is 19.7. The molecule has 0 radical (unpaired) electrons. The second-order valence-corrected chi connectivity index (χ2v) is 15.1. The third kappa shape index (κ3) is 5.11. The fraction of sp³-hybridized carbons (Fsp3) is 0.0784. The van der Waals surface area contributed by atoms with Crippen LogP contribution in [0.2, 0.25) is 0 Å². The molecule has 57 heavy (non-hydrogen) atoms. The van der Waals surface area contributed by atoms with Crippen LogP contribution < -0.4 is 10.6 Å². The highest BCUT2D eigenvalue weighted by Gasteiger charge is 2.27. The Balaban J connectivity index is 0.961. The zero-order valence-corrected chi connectivity index (χ0v) is 30.9. The number of fused-ring (bicyclic) bond motifs is 9. The van der Waals surface area contributed by atoms with Gasteiger partial charge in [0.25, 0.3) is 0 Å². The average molecular weight is 737 g/mol. The topological polar surface area (TPSA) is 67.6 Å². The van der Waals surface area contributed by atoms with E-state index in [1.54, 1.807) is 0 Å². The predicted molar refractivity (Wildman–Crippen MR) is 233 cm³/mol. The predicted octanol–water partition coefficient (Wildman–Crippen LogP) is 12.5. The second kappa shape index (κ2) is 12.7. The van der Waals surface area contributed by atoms with E-state index in [1.165, 1.54) is 27.4 Å². The molecular formula is C51H36N4O2. The number of hydrogen-bond donors (Lipinski definition) is 2. The molecule has 2 atom stereocenters. The monoisotopic (exact) mass is 736 g/mol. The van der Waals surface area contributed by atoms with Crippen LogP contribution in [0.3, 0.4) is 0 Å². The number of benzene rings is 7. The minimum atomic E-state index is -0.177. The number of amidine groups is 1. The van der Waals surface area contributed by atoms with E-state index in [-0.39, 0.29) is 12.3 Å². The van der Waals surface area contributed by atoms with Crippen molar-refractivity contribution in [3.63, 3.8) is 0 Å². The summed E-state index contributed by atoms with van der Waals surface area (Å²) in [7, 11) is 0. The number of allylic oxidation sites excluding steroid dienone is 3. The minimum absolute atomic E-state index is 0.0307. The smallest absolute Gasteiger partial charge is 0.137 e. The number of nitrogens with zero attached hydrogens (tertiary/aromatic N) is 2. The van der Waals surface area contributed by atoms with Gasteiger partial charge in [0.05, 0.1) is 22.1 Å². The molecule has 0 fully saturated rings. The van der Waals surface area contributed by atoms with Gasteiger partial charge in [0.15, 0.2) is 0 Å². The van der Waals surface area contributed by atoms with Crippen molar-refractivity contribution in [3.05, 3.63) is 187 Å². The van der Waals surface area contributed by atoms with Gasteiger partial charge < -0.3 is 18.7 Å². The van der Waals surface area contributed by atoms with Crippen LogP contribution in [0.4, 0.5) is 0 Å². The average Bonchev–Trinajstić information content (AvgIpc) is 3.96. The van der Waals surface area contributed by atoms with Crippen molar-refractivity contribution in [2.24, 2.45) is 4.99 Å². The summed E-state index contributed by atoms with van der Waals surface area (Å²) >= 11 is 0. The first-order chi connectivity index (χ1) is 28.2. The molecule has 2 N–H and O–H groups in total. The Bertz CT molecular complexity index is 3270. The van der Waals surface area contributed by atoms with Gasteiger partial charge in [-0.3, -0.25) is 5.32 Å². The molecule has 4 heterocycles. The molecule has 1 aliphatic heterocycles. The van der Waals surface area contributed by atoms with E-state index < -0.39 is 0 Å². The van der Waals surface area contributed by atoms with E-state index in [1.807, 2.05) is 6.07 Å². The standard InChI is InChI=1S/C51H36N4O2/c1-3-13-31(14-4-1)49-52-50(32-15-5-2-6-16-32)54-51(53-49)34-26-28-38-46(30-34)56-43-23-11-19-35(47(38)43)33-25-27-39-45(29-33)57-44-24-12-22-42(48(39)44)55-40-20-9-7-17-36(40)37-18-8-10-21-41(37)55/h1-5,7-15,17-30,49-50,52H,6,16H2,(H,53,54). The molecule has 10 aromatic rings. The highest BCUT2D eigenvalue weighted by atomic mass is 16.3. The third-order valence-electron chi connectivity index (χ3n) is 11.8. The second-order valence-electron chi connectivity index (χ2n) is 15.1. The zero-order chi connectivity index (χ0) is 37.5.